The van der Waals surface area contributed by atoms with Crippen molar-refractivity contribution in [3.63, 3.8) is 0 Å². The van der Waals surface area contributed by atoms with Crippen LogP contribution in [0.2, 0.25) is 0 Å². The maximum atomic E-state index is 13.9. The number of carbonyl (C=O) groups excluding carboxylic acids is 1. The van der Waals surface area contributed by atoms with Gasteiger partial charge in [-0.05, 0) is 49.2 Å². The van der Waals surface area contributed by atoms with E-state index in [1.54, 1.807) is 37.4 Å². The molecule has 0 bridgehead atoms. The molecule has 0 aliphatic heterocycles. The van der Waals surface area contributed by atoms with Crippen molar-refractivity contribution in [3.8, 4) is 10.6 Å². The molecule has 1 aliphatic rings. The van der Waals surface area contributed by atoms with Gasteiger partial charge in [-0.2, -0.15) is 4.31 Å². The predicted molar refractivity (Wildman–Crippen MR) is 110 cm³/mol. The van der Waals surface area contributed by atoms with Crippen LogP contribution in [-0.2, 0) is 10.0 Å². The minimum atomic E-state index is -3.53. The fraction of sp³-hybridized carbons (Fsp3) is 0.200. The smallest absolute Gasteiger partial charge is 0.267 e. The first kappa shape index (κ1) is 19.7. The number of nitrogens with one attached hydrogen (secondary N) is 1. The summed E-state index contributed by atoms with van der Waals surface area (Å²) >= 11 is 1.08. The number of carbonyl (C=O) groups is 1. The Bertz CT molecular complexity index is 1160. The monoisotopic (exact) mass is 431 g/mol. The molecule has 1 saturated carbocycles. The predicted octanol–water partition coefficient (Wildman–Crippen LogP) is 3.98. The van der Waals surface area contributed by atoms with Gasteiger partial charge in [0.05, 0.1) is 11.1 Å². The number of hydrogen-bond acceptors (Lipinski definition) is 5. The lowest BCUT2D eigenvalue weighted by Gasteiger charge is -2.16. The zero-order chi connectivity index (χ0) is 20.6. The second kappa shape index (κ2) is 7.66. The number of aromatic nitrogens is 1. The van der Waals surface area contributed by atoms with Gasteiger partial charge in [0.15, 0.2) is 0 Å². The number of halogens is 1. The van der Waals surface area contributed by atoms with Crippen LogP contribution in [0.3, 0.4) is 0 Å². The van der Waals surface area contributed by atoms with Crippen molar-refractivity contribution >= 4 is 33.0 Å². The maximum absolute atomic E-state index is 13.9. The second-order valence-electron chi connectivity index (χ2n) is 6.74. The van der Waals surface area contributed by atoms with Gasteiger partial charge in [0.2, 0.25) is 10.0 Å². The molecule has 3 aromatic rings. The largest absolute Gasteiger partial charge is 0.321 e. The number of sulfonamides is 1. The molecule has 0 radical (unpaired) electrons. The molecule has 4 rings (SSSR count). The van der Waals surface area contributed by atoms with Gasteiger partial charge in [-0.25, -0.2) is 17.8 Å². The number of benzene rings is 2. The molecule has 2 aromatic carbocycles. The maximum Gasteiger partial charge on any atom is 0.267 e. The van der Waals surface area contributed by atoms with E-state index in [2.05, 4.69) is 10.3 Å². The molecule has 1 N–H and O–H groups in total. The van der Waals surface area contributed by atoms with Gasteiger partial charge < -0.3 is 5.32 Å². The summed E-state index contributed by atoms with van der Waals surface area (Å²) in [6.07, 6.45) is 3.16. The fourth-order valence-corrected chi connectivity index (χ4v) is 5.10. The van der Waals surface area contributed by atoms with Gasteiger partial charge in [-0.3, -0.25) is 4.79 Å². The highest BCUT2D eigenvalue weighted by Crippen LogP contribution is 2.31. The lowest BCUT2D eigenvalue weighted by atomic mass is 10.2. The molecule has 9 heteroatoms. The zero-order valence-corrected chi connectivity index (χ0v) is 17.1. The van der Waals surface area contributed by atoms with Crippen LogP contribution < -0.4 is 5.32 Å². The van der Waals surface area contributed by atoms with Crippen LogP contribution in [0.25, 0.3) is 10.6 Å². The summed E-state index contributed by atoms with van der Waals surface area (Å²) in [5, 5.41) is 3.12. The first-order chi connectivity index (χ1) is 13.9. The first-order valence-electron chi connectivity index (χ1n) is 8.96. The fourth-order valence-electron chi connectivity index (χ4n) is 2.84. The third-order valence-corrected chi connectivity index (χ3v) is 7.64. The van der Waals surface area contributed by atoms with Gasteiger partial charge in [-0.15, -0.1) is 11.3 Å². The Hall–Kier alpha value is -2.62. The molecular weight excluding hydrogens is 413 g/mol. The van der Waals surface area contributed by atoms with E-state index >= 15 is 0 Å². The topological polar surface area (TPSA) is 79.4 Å². The average Bonchev–Trinajstić information content (AvgIpc) is 3.44. The molecule has 1 aromatic heterocycles. The molecule has 0 spiro atoms. The van der Waals surface area contributed by atoms with Crippen LogP contribution in [-0.4, -0.2) is 36.7 Å². The van der Waals surface area contributed by atoms with Gasteiger partial charge in [0.1, 0.15) is 15.7 Å². The molecule has 0 atom stereocenters. The van der Waals surface area contributed by atoms with Gasteiger partial charge in [-0.1, -0.05) is 12.1 Å². The third-order valence-electron chi connectivity index (χ3n) is 4.68. The van der Waals surface area contributed by atoms with Crippen LogP contribution in [0.1, 0.15) is 22.5 Å². The van der Waals surface area contributed by atoms with E-state index in [1.165, 1.54) is 28.7 Å². The minimum Gasteiger partial charge on any atom is -0.321 e. The Kier molecular flexibility index (Phi) is 5.20. The lowest BCUT2D eigenvalue weighted by molar-refractivity contribution is 0.103. The SMILES string of the molecule is CN(C1CC1)S(=O)(=O)c1ccc(NC(=O)c2cnc(-c3ccccc3F)s2)cc1. The highest BCUT2D eigenvalue weighted by molar-refractivity contribution is 7.89. The third kappa shape index (κ3) is 4.07. The Morgan fingerprint density at radius 1 is 1.17 bits per heavy atom. The number of thiazole rings is 1. The van der Waals surface area contributed by atoms with Crippen molar-refractivity contribution < 1.29 is 17.6 Å². The summed E-state index contributed by atoms with van der Waals surface area (Å²) in [7, 11) is -1.94. The summed E-state index contributed by atoms with van der Waals surface area (Å²) in [5.41, 5.74) is 0.801. The highest BCUT2D eigenvalue weighted by Gasteiger charge is 2.34. The molecule has 0 unspecified atom stereocenters. The van der Waals surface area contributed by atoms with Gasteiger partial charge in [0.25, 0.3) is 5.91 Å². The van der Waals surface area contributed by atoms with E-state index in [-0.39, 0.29) is 10.9 Å². The van der Waals surface area contributed by atoms with Crippen LogP contribution >= 0.6 is 11.3 Å². The molecular formula is C20H18FN3O3S2. The van der Waals surface area contributed by atoms with E-state index in [4.69, 9.17) is 0 Å². The van der Waals surface area contributed by atoms with Crippen molar-refractivity contribution in [2.75, 3.05) is 12.4 Å². The lowest BCUT2D eigenvalue weighted by Crippen LogP contribution is -2.28. The van der Waals surface area contributed by atoms with E-state index in [0.29, 0.717) is 21.1 Å². The summed E-state index contributed by atoms with van der Waals surface area (Å²) in [5.74, 6) is -0.794. The number of nitrogens with zero attached hydrogens (tertiary/aromatic N) is 2. The number of anilines is 1. The second-order valence-corrected chi connectivity index (χ2v) is 9.77. The van der Waals surface area contributed by atoms with Crippen LogP contribution in [0.4, 0.5) is 10.1 Å². The van der Waals surface area contributed by atoms with Gasteiger partial charge >= 0.3 is 0 Å². The molecule has 1 aliphatic carbocycles. The molecule has 29 heavy (non-hydrogen) atoms. The quantitative estimate of drug-likeness (QED) is 0.640. The van der Waals surface area contributed by atoms with Crippen LogP contribution in [0, 0.1) is 5.82 Å². The summed E-state index contributed by atoms with van der Waals surface area (Å²) in [4.78, 5) is 17.1. The van der Waals surface area contributed by atoms with Crippen molar-refractivity contribution in [2.45, 2.75) is 23.8 Å². The number of rotatable bonds is 6. The van der Waals surface area contributed by atoms with Gasteiger partial charge in [0, 0.05) is 24.3 Å². The molecule has 1 fully saturated rings. The standard InChI is InChI=1S/C20H18FN3O3S2/c1-24(14-8-9-14)29(26,27)15-10-6-13(7-11-15)23-19(25)18-12-22-20(28-18)16-4-2-3-5-17(16)21/h2-7,10-12,14H,8-9H2,1H3,(H,23,25). The normalized spacial score (nSPS) is 14.2. The van der Waals surface area contributed by atoms with E-state index < -0.39 is 21.7 Å². The molecule has 0 saturated heterocycles. The Labute approximate surface area is 172 Å². The summed E-state index contributed by atoms with van der Waals surface area (Å²) in [6.45, 7) is 0. The van der Waals surface area contributed by atoms with Crippen LogP contribution in [0.5, 0.6) is 0 Å². The Morgan fingerprint density at radius 2 is 1.86 bits per heavy atom. The number of amides is 1. The Morgan fingerprint density at radius 3 is 2.52 bits per heavy atom. The van der Waals surface area contributed by atoms with Crippen molar-refractivity contribution in [2.24, 2.45) is 0 Å². The summed E-state index contributed by atoms with van der Waals surface area (Å²) in [6, 6.07) is 12.4. The molecule has 1 heterocycles. The van der Waals surface area contributed by atoms with E-state index in [1.807, 2.05) is 0 Å². The van der Waals surface area contributed by atoms with Crippen molar-refractivity contribution in [1.82, 2.24) is 9.29 Å². The average molecular weight is 432 g/mol. The minimum absolute atomic E-state index is 0.0781. The van der Waals surface area contributed by atoms with E-state index in [9.17, 15) is 17.6 Å². The van der Waals surface area contributed by atoms with Crippen molar-refractivity contribution in [1.29, 1.82) is 0 Å². The highest BCUT2D eigenvalue weighted by atomic mass is 32.2. The van der Waals surface area contributed by atoms with E-state index in [0.717, 1.165) is 24.2 Å². The summed E-state index contributed by atoms with van der Waals surface area (Å²) < 4.78 is 40.4. The molecule has 6 nitrogen and oxygen atoms in total. The molecule has 150 valence electrons. The van der Waals surface area contributed by atoms with Crippen molar-refractivity contribution in [3.05, 3.63) is 65.4 Å². The Balaban J connectivity index is 1.47. The number of hydrogen-bond donors (Lipinski definition) is 1. The molecule has 1 amide bonds. The van der Waals surface area contributed by atoms with Crippen LogP contribution in [0.15, 0.2) is 59.6 Å². The first-order valence-corrected chi connectivity index (χ1v) is 11.2. The zero-order valence-electron chi connectivity index (χ0n) is 15.5.